The average molecular weight is 183 g/mol. The number of nitrogens with one attached hydrogen (secondary N) is 1. The Labute approximate surface area is 83.3 Å². The molecule has 1 heteroatoms. The van der Waals surface area contributed by atoms with Gasteiger partial charge in [-0.05, 0) is 38.1 Å². The summed E-state index contributed by atoms with van der Waals surface area (Å²) in [6, 6.07) is 0.842. The topological polar surface area (TPSA) is 12.0 Å². The molecular formula is C12H25N. The second-order valence-electron chi connectivity index (χ2n) is 4.41. The van der Waals surface area contributed by atoms with E-state index in [0.717, 1.165) is 12.0 Å². The lowest BCUT2D eigenvalue weighted by Gasteiger charge is -2.24. The fraction of sp³-hybridized carbons (Fsp3) is 1.00. The van der Waals surface area contributed by atoms with Gasteiger partial charge in [-0.15, -0.1) is 0 Å². The Balaban J connectivity index is 2.09. The van der Waals surface area contributed by atoms with Crippen LogP contribution in [0.5, 0.6) is 0 Å². The van der Waals surface area contributed by atoms with E-state index in [1.54, 1.807) is 0 Å². The molecule has 0 amide bonds. The first kappa shape index (κ1) is 11.0. The maximum Gasteiger partial charge on any atom is 0.00671 e. The lowest BCUT2D eigenvalue weighted by atomic mass is 9.92. The molecule has 1 aliphatic rings. The van der Waals surface area contributed by atoms with Crippen LogP contribution in [0.4, 0.5) is 0 Å². The van der Waals surface area contributed by atoms with E-state index in [1.807, 2.05) is 0 Å². The molecule has 1 unspecified atom stereocenters. The molecule has 1 nitrogen and oxygen atoms in total. The van der Waals surface area contributed by atoms with Gasteiger partial charge in [0.15, 0.2) is 0 Å². The summed E-state index contributed by atoms with van der Waals surface area (Å²) in [6.07, 6.45) is 9.83. The summed E-state index contributed by atoms with van der Waals surface area (Å²) in [5.41, 5.74) is 0. The van der Waals surface area contributed by atoms with Crippen LogP contribution in [-0.4, -0.2) is 12.6 Å². The van der Waals surface area contributed by atoms with Gasteiger partial charge in [-0.1, -0.05) is 33.1 Å². The van der Waals surface area contributed by atoms with Gasteiger partial charge >= 0.3 is 0 Å². The largest absolute Gasteiger partial charge is 0.314 e. The highest BCUT2D eigenvalue weighted by atomic mass is 14.9. The van der Waals surface area contributed by atoms with Crippen LogP contribution in [0.2, 0.25) is 0 Å². The molecule has 0 bridgehead atoms. The van der Waals surface area contributed by atoms with Crippen molar-refractivity contribution in [1.82, 2.24) is 5.32 Å². The van der Waals surface area contributed by atoms with Crippen LogP contribution in [-0.2, 0) is 0 Å². The van der Waals surface area contributed by atoms with Crippen molar-refractivity contribution in [3.05, 3.63) is 0 Å². The van der Waals surface area contributed by atoms with E-state index in [-0.39, 0.29) is 0 Å². The van der Waals surface area contributed by atoms with E-state index in [2.05, 4.69) is 19.2 Å². The van der Waals surface area contributed by atoms with Gasteiger partial charge in [0.2, 0.25) is 0 Å². The van der Waals surface area contributed by atoms with Gasteiger partial charge in [-0.2, -0.15) is 0 Å². The minimum absolute atomic E-state index is 0.842. The molecule has 1 rings (SSSR count). The number of hydrogen-bond acceptors (Lipinski definition) is 1. The Morgan fingerprint density at radius 3 is 2.54 bits per heavy atom. The maximum atomic E-state index is 3.62. The minimum Gasteiger partial charge on any atom is -0.314 e. The molecule has 0 aromatic carbocycles. The Morgan fingerprint density at radius 1 is 1.23 bits per heavy atom. The molecule has 1 N–H and O–H groups in total. The normalized spacial score (nSPS) is 23.8. The quantitative estimate of drug-likeness (QED) is 0.689. The molecule has 1 heterocycles. The summed E-state index contributed by atoms with van der Waals surface area (Å²) in [4.78, 5) is 0. The van der Waals surface area contributed by atoms with E-state index in [9.17, 15) is 0 Å². The Bertz CT molecular complexity index is 112. The summed E-state index contributed by atoms with van der Waals surface area (Å²) in [7, 11) is 0. The fourth-order valence-electron chi connectivity index (χ4n) is 2.30. The van der Waals surface area contributed by atoms with Crippen molar-refractivity contribution in [1.29, 1.82) is 0 Å². The smallest absolute Gasteiger partial charge is 0.00671 e. The molecule has 78 valence electrons. The highest BCUT2D eigenvalue weighted by Gasteiger charge is 2.13. The van der Waals surface area contributed by atoms with E-state index in [0.29, 0.717) is 0 Å². The van der Waals surface area contributed by atoms with Crippen LogP contribution in [0.15, 0.2) is 0 Å². The van der Waals surface area contributed by atoms with Crippen molar-refractivity contribution in [3.8, 4) is 0 Å². The maximum absolute atomic E-state index is 3.62. The highest BCUT2D eigenvalue weighted by molar-refractivity contribution is 4.73. The van der Waals surface area contributed by atoms with Crippen molar-refractivity contribution in [2.45, 2.75) is 64.8 Å². The zero-order valence-electron chi connectivity index (χ0n) is 9.31. The predicted molar refractivity (Wildman–Crippen MR) is 58.9 cm³/mol. The first-order valence-electron chi connectivity index (χ1n) is 6.10. The van der Waals surface area contributed by atoms with Gasteiger partial charge < -0.3 is 5.32 Å². The summed E-state index contributed by atoms with van der Waals surface area (Å²) in [5, 5.41) is 3.62. The molecule has 1 atom stereocenters. The van der Waals surface area contributed by atoms with Crippen LogP contribution >= 0.6 is 0 Å². The van der Waals surface area contributed by atoms with Crippen molar-refractivity contribution in [2.24, 2.45) is 5.92 Å². The first-order chi connectivity index (χ1) is 6.36. The molecule has 0 radical (unpaired) electrons. The van der Waals surface area contributed by atoms with Crippen molar-refractivity contribution in [2.75, 3.05) is 6.54 Å². The summed E-state index contributed by atoms with van der Waals surface area (Å²) in [5.74, 6) is 0.976. The van der Waals surface area contributed by atoms with Gasteiger partial charge in [0.1, 0.15) is 0 Å². The molecule has 0 aliphatic carbocycles. The molecule has 1 aliphatic heterocycles. The van der Waals surface area contributed by atoms with Crippen molar-refractivity contribution < 1.29 is 0 Å². The van der Waals surface area contributed by atoms with Gasteiger partial charge in [0.25, 0.3) is 0 Å². The van der Waals surface area contributed by atoms with Gasteiger partial charge in [-0.25, -0.2) is 0 Å². The summed E-state index contributed by atoms with van der Waals surface area (Å²) in [6.45, 7) is 5.90. The van der Waals surface area contributed by atoms with E-state index >= 15 is 0 Å². The lowest BCUT2D eigenvalue weighted by molar-refractivity contribution is 0.338. The fourth-order valence-corrected chi connectivity index (χ4v) is 2.30. The standard InChI is InChI=1S/C12H25N/c1-3-11(4-2)8-9-12-7-5-6-10-13-12/h11-13H,3-10H2,1-2H3. The summed E-state index contributed by atoms with van der Waals surface area (Å²) < 4.78 is 0. The molecule has 0 saturated carbocycles. The van der Waals surface area contributed by atoms with Crippen LogP contribution in [0.1, 0.15) is 58.8 Å². The zero-order valence-corrected chi connectivity index (χ0v) is 9.31. The number of piperidine rings is 1. The Morgan fingerprint density at radius 2 is 2.00 bits per heavy atom. The molecule has 0 aromatic rings. The van der Waals surface area contributed by atoms with Crippen LogP contribution in [0, 0.1) is 5.92 Å². The molecule has 0 aromatic heterocycles. The minimum atomic E-state index is 0.842. The lowest BCUT2D eigenvalue weighted by Crippen LogP contribution is -2.34. The Kier molecular flexibility index (Phi) is 5.45. The predicted octanol–water partition coefficient (Wildman–Crippen LogP) is 3.34. The molecule has 1 fully saturated rings. The molecular weight excluding hydrogens is 158 g/mol. The van der Waals surface area contributed by atoms with E-state index in [1.165, 1.54) is 51.5 Å². The van der Waals surface area contributed by atoms with Crippen molar-refractivity contribution in [3.63, 3.8) is 0 Å². The van der Waals surface area contributed by atoms with Crippen LogP contribution in [0.25, 0.3) is 0 Å². The van der Waals surface area contributed by atoms with Gasteiger partial charge in [0.05, 0.1) is 0 Å². The van der Waals surface area contributed by atoms with Crippen molar-refractivity contribution >= 4 is 0 Å². The van der Waals surface area contributed by atoms with E-state index < -0.39 is 0 Å². The molecule has 1 saturated heterocycles. The van der Waals surface area contributed by atoms with Crippen LogP contribution in [0.3, 0.4) is 0 Å². The third-order valence-corrected chi connectivity index (χ3v) is 3.49. The third kappa shape index (κ3) is 4.12. The second-order valence-corrected chi connectivity index (χ2v) is 4.41. The van der Waals surface area contributed by atoms with Gasteiger partial charge in [-0.3, -0.25) is 0 Å². The zero-order chi connectivity index (χ0) is 9.52. The van der Waals surface area contributed by atoms with Crippen LogP contribution < -0.4 is 5.32 Å². The molecule has 13 heavy (non-hydrogen) atoms. The molecule has 0 spiro atoms. The second kappa shape index (κ2) is 6.42. The monoisotopic (exact) mass is 183 g/mol. The highest BCUT2D eigenvalue weighted by Crippen LogP contribution is 2.19. The Hall–Kier alpha value is -0.0400. The first-order valence-corrected chi connectivity index (χ1v) is 6.10. The third-order valence-electron chi connectivity index (χ3n) is 3.49. The van der Waals surface area contributed by atoms with Gasteiger partial charge in [0, 0.05) is 6.04 Å². The SMILES string of the molecule is CCC(CC)CCC1CCCCN1. The van der Waals surface area contributed by atoms with E-state index in [4.69, 9.17) is 0 Å². The average Bonchev–Trinajstić information content (AvgIpc) is 2.21. The number of hydrogen-bond donors (Lipinski definition) is 1. The summed E-state index contributed by atoms with van der Waals surface area (Å²) >= 11 is 0. The number of rotatable bonds is 5.